The molecule has 0 fully saturated rings. The van der Waals surface area contributed by atoms with Gasteiger partial charge in [-0.3, -0.25) is 0 Å². The van der Waals surface area contributed by atoms with Gasteiger partial charge in [-0.05, 0) is 17.7 Å². The minimum absolute atomic E-state index is 0.0870. The Morgan fingerprint density at radius 1 is 1.39 bits per heavy atom. The van der Waals surface area contributed by atoms with Crippen LogP contribution in [0.1, 0.15) is 11.1 Å². The van der Waals surface area contributed by atoms with Gasteiger partial charge in [0.05, 0.1) is 11.6 Å². The molecule has 0 spiro atoms. The molecule has 1 aromatic carbocycles. The molecule has 0 amide bonds. The zero-order valence-electron chi connectivity index (χ0n) is 9.04. The fourth-order valence-electron chi connectivity index (χ4n) is 1.15. The number of aliphatic hydroxyl groups is 1. The smallest absolute Gasteiger partial charge is 0.383 e. The molecule has 1 atom stereocenters. The molecule has 0 aromatic heterocycles. The lowest BCUT2D eigenvalue weighted by Crippen LogP contribution is -2.30. The number of alkyl halides is 3. The molecule has 0 radical (unpaired) electrons. The van der Waals surface area contributed by atoms with Crippen LogP contribution in [0, 0.1) is 17.1 Å². The van der Waals surface area contributed by atoms with Gasteiger partial charge >= 0.3 is 6.18 Å². The highest BCUT2D eigenvalue weighted by Gasteiger charge is 2.37. The van der Waals surface area contributed by atoms with Gasteiger partial charge < -0.3 is 5.11 Å². The lowest BCUT2D eigenvalue weighted by Gasteiger charge is -2.13. The second-order valence-electron chi connectivity index (χ2n) is 3.49. The summed E-state index contributed by atoms with van der Waals surface area (Å²) in [4.78, 5) is 0. The van der Waals surface area contributed by atoms with E-state index < -0.39 is 23.9 Å². The standard InChI is InChI=1S/C11H9F4NOS/c12-9-2-1-7(8(3-9)4-16)5-18-6-10(17)11(13,14)15/h1-3,10,17H,5-6H2/t10-/m0/s1. The van der Waals surface area contributed by atoms with E-state index in [1.54, 1.807) is 6.07 Å². The van der Waals surface area contributed by atoms with Crippen LogP contribution < -0.4 is 0 Å². The summed E-state index contributed by atoms with van der Waals surface area (Å²) < 4.78 is 48.8. The van der Waals surface area contributed by atoms with Crippen LogP contribution in [-0.4, -0.2) is 23.1 Å². The lowest BCUT2D eigenvalue weighted by molar-refractivity contribution is -0.195. The van der Waals surface area contributed by atoms with Gasteiger partial charge in [0.25, 0.3) is 0 Å². The Morgan fingerprint density at radius 2 is 2.06 bits per heavy atom. The number of hydrogen-bond acceptors (Lipinski definition) is 3. The number of thioether (sulfide) groups is 1. The first-order valence-electron chi connectivity index (χ1n) is 4.85. The maximum Gasteiger partial charge on any atom is 0.415 e. The van der Waals surface area contributed by atoms with Gasteiger partial charge in [0.2, 0.25) is 0 Å². The van der Waals surface area contributed by atoms with Crippen LogP contribution in [0.5, 0.6) is 0 Å². The van der Waals surface area contributed by atoms with Crippen molar-refractivity contribution in [1.82, 2.24) is 0 Å². The summed E-state index contributed by atoms with van der Waals surface area (Å²) in [5.74, 6) is -0.988. The Balaban J connectivity index is 2.58. The summed E-state index contributed by atoms with van der Waals surface area (Å²) in [6.07, 6.45) is -7.04. The Kier molecular flexibility index (Phi) is 4.99. The van der Waals surface area contributed by atoms with Gasteiger partial charge in [0.1, 0.15) is 5.82 Å². The Morgan fingerprint density at radius 3 is 2.61 bits per heavy atom. The second kappa shape index (κ2) is 6.07. The number of aliphatic hydroxyl groups excluding tert-OH is 1. The predicted molar refractivity (Wildman–Crippen MR) is 59.3 cm³/mol. The molecule has 2 nitrogen and oxygen atoms in total. The topological polar surface area (TPSA) is 44.0 Å². The maximum absolute atomic E-state index is 12.8. The molecule has 0 aliphatic heterocycles. The lowest BCUT2D eigenvalue weighted by atomic mass is 10.1. The van der Waals surface area contributed by atoms with Crippen LogP contribution in [0.15, 0.2) is 18.2 Å². The van der Waals surface area contributed by atoms with Crippen molar-refractivity contribution < 1.29 is 22.7 Å². The number of rotatable bonds is 4. The van der Waals surface area contributed by atoms with Crippen LogP contribution >= 0.6 is 11.8 Å². The quantitative estimate of drug-likeness (QED) is 0.862. The van der Waals surface area contributed by atoms with E-state index in [1.807, 2.05) is 0 Å². The summed E-state index contributed by atoms with van der Waals surface area (Å²) in [5.41, 5.74) is 0.530. The first kappa shape index (κ1) is 14.8. The van der Waals surface area contributed by atoms with Crippen LogP contribution in [0.2, 0.25) is 0 Å². The molecule has 0 bridgehead atoms. The normalized spacial score (nSPS) is 13.1. The average molecular weight is 279 g/mol. The van der Waals surface area contributed by atoms with Crippen molar-refractivity contribution in [3.8, 4) is 6.07 Å². The highest BCUT2D eigenvalue weighted by atomic mass is 32.2. The first-order valence-corrected chi connectivity index (χ1v) is 6.01. The molecule has 1 N–H and O–H groups in total. The largest absolute Gasteiger partial charge is 0.415 e. The zero-order valence-corrected chi connectivity index (χ0v) is 9.85. The van der Waals surface area contributed by atoms with E-state index in [-0.39, 0.29) is 11.3 Å². The van der Waals surface area contributed by atoms with Crippen molar-refractivity contribution in [2.45, 2.75) is 18.0 Å². The Bertz CT molecular complexity index is 455. The van der Waals surface area contributed by atoms with Crippen molar-refractivity contribution in [1.29, 1.82) is 5.26 Å². The molecule has 0 unspecified atom stereocenters. The third-order valence-electron chi connectivity index (χ3n) is 2.10. The van der Waals surface area contributed by atoms with Crippen molar-refractivity contribution >= 4 is 11.8 Å². The van der Waals surface area contributed by atoms with E-state index in [9.17, 15) is 17.6 Å². The van der Waals surface area contributed by atoms with Gasteiger partial charge in [0, 0.05) is 11.5 Å². The molecule has 0 aliphatic carbocycles. The molecule has 1 aromatic rings. The Hall–Kier alpha value is -1.26. The molecule has 18 heavy (non-hydrogen) atoms. The maximum atomic E-state index is 12.8. The molecule has 0 heterocycles. The third kappa shape index (κ3) is 4.20. The van der Waals surface area contributed by atoms with E-state index in [0.717, 1.165) is 23.9 Å². The average Bonchev–Trinajstić information content (AvgIpc) is 2.29. The van der Waals surface area contributed by atoms with Gasteiger partial charge in [-0.2, -0.15) is 30.2 Å². The van der Waals surface area contributed by atoms with Crippen molar-refractivity contribution in [3.63, 3.8) is 0 Å². The monoisotopic (exact) mass is 279 g/mol. The summed E-state index contributed by atoms with van der Waals surface area (Å²) in [6, 6.07) is 5.27. The highest BCUT2D eigenvalue weighted by molar-refractivity contribution is 7.98. The molecular formula is C11H9F4NOS. The number of nitriles is 1. The summed E-state index contributed by atoms with van der Waals surface area (Å²) in [7, 11) is 0. The summed E-state index contributed by atoms with van der Waals surface area (Å²) >= 11 is 0.833. The SMILES string of the molecule is N#Cc1cc(F)ccc1CSC[C@H](O)C(F)(F)F. The van der Waals surface area contributed by atoms with E-state index in [1.165, 1.54) is 6.07 Å². The number of nitrogens with zero attached hydrogens (tertiary/aromatic N) is 1. The molecule has 7 heteroatoms. The third-order valence-corrected chi connectivity index (χ3v) is 3.17. The summed E-state index contributed by atoms with van der Waals surface area (Å²) in [5, 5.41) is 17.5. The van der Waals surface area contributed by atoms with Gasteiger partial charge in [-0.15, -0.1) is 0 Å². The fourth-order valence-corrected chi connectivity index (χ4v) is 2.16. The zero-order chi connectivity index (χ0) is 13.8. The number of halogens is 4. The highest BCUT2D eigenvalue weighted by Crippen LogP contribution is 2.25. The molecule has 0 aliphatic rings. The van der Waals surface area contributed by atoms with Gasteiger partial charge in [-0.25, -0.2) is 4.39 Å². The van der Waals surface area contributed by atoms with Crippen LogP contribution in [0.25, 0.3) is 0 Å². The van der Waals surface area contributed by atoms with Crippen LogP contribution in [0.3, 0.4) is 0 Å². The van der Waals surface area contributed by atoms with E-state index in [4.69, 9.17) is 10.4 Å². The van der Waals surface area contributed by atoms with Gasteiger partial charge in [-0.1, -0.05) is 6.07 Å². The predicted octanol–water partition coefficient (Wildman–Crippen LogP) is 2.85. The first-order chi connectivity index (χ1) is 8.34. The Labute approximate surface area is 105 Å². The van der Waals surface area contributed by atoms with Crippen molar-refractivity contribution in [3.05, 3.63) is 35.1 Å². The number of hydrogen-bond donors (Lipinski definition) is 1. The van der Waals surface area contributed by atoms with Crippen molar-refractivity contribution in [2.24, 2.45) is 0 Å². The number of benzene rings is 1. The molecule has 98 valence electrons. The van der Waals surface area contributed by atoms with Gasteiger partial charge in [0.15, 0.2) is 6.10 Å². The molecule has 0 saturated carbocycles. The van der Waals surface area contributed by atoms with E-state index >= 15 is 0 Å². The van der Waals surface area contributed by atoms with E-state index in [2.05, 4.69) is 0 Å². The minimum Gasteiger partial charge on any atom is -0.383 e. The summed E-state index contributed by atoms with van der Waals surface area (Å²) in [6.45, 7) is 0. The molecule has 0 saturated heterocycles. The van der Waals surface area contributed by atoms with Crippen LogP contribution in [-0.2, 0) is 5.75 Å². The molecular weight excluding hydrogens is 270 g/mol. The fraction of sp³-hybridized carbons (Fsp3) is 0.364. The minimum atomic E-state index is -4.64. The molecule has 1 rings (SSSR count). The second-order valence-corrected chi connectivity index (χ2v) is 4.52. The van der Waals surface area contributed by atoms with Crippen LogP contribution in [0.4, 0.5) is 17.6 Å². The van der Waals surface area contributed by atoms with Crippen molar-refractivity contribution in [2.75, 3.05) is 5.75 Å². The van der Waals surface area contributed by atoms with E-state index in [0.29, 0.717) is 5.56 Å².